The molecule has 0 atom stereocenters. The monoisotopic (exact) mass is 203 g/mol. The normalized spacial score (nSPS) is 24.0. The van der Waals surface area contributed by atoms with Gasteiger partial charge in [-0.3, -0.25) is 0 Å². The second-order valence-electron chi connectivity index (χ2n) is 3.91. The number of aromatic nitrogens is 1. The number of nitrogens with zero attached hydrogens (tertiary/aromatic N) is 2. The lowest BCUT2D eigenvalue weighted by Gasteiger charge is -2.31. The third-order valence-corrected chi connectivity index (χ3v) is 2.67. The van der Waals surface area contributed by atoms with Crippen molar-refractivity contribution in [2.75, 3.05) is 11.9 Å². The molecule has 78 valence electrons. The Hall–Kier alpha value is -1.60. The Morgan fingerprint density at radius 3 is 3.07 bits per heavy atom. The third kappa shape index (κ3) is 2.45. The van der Waals surface area contributed by atoms with Crippen molar-refractivity contribution in [3.8, 4) is 6.07 Å². The molecule has 0 radical (unpaired) electrons. The average molecular weight is 203 g/mol. The summed E-state index contributed by atoms with van der Waals surface area (Å²) in [5.74, 6) is 1.27. The molecule has 0 saturated heterocycles. The second kappa shape index (κ2) is 4.28. The van der Waals surface area contributed by atoms with Crippen LogP contribution < -0.4 is 5.32 Å². The van der Waals surface area contributed by atoms with Crippen LogP contribution in [0.2, 0.25) is 0 Å². The van der Waals surface area contributed by atoms with Crippen LogP contribution in [0.5, 0.6) is 0 Å². The van der Waals surface area contributed by atoms with Crippen LogP contribution in [0.4, 0.5) is 5.82 Å². The summed E-state index contributed by atoms with van der Waals surface area (Å²) in [5, 5.41) is 21.0. The van der Waals surface area contributed by atoms with Crippen LogP contribution in [-0.2, 0) is 0 Å². The van der Waals surface area contributed by atoms with Gasteiger partial charge in [-0.2, -0.15) is 5.26 Å². The number of pyridine rings is 1. The van der Waals surface area contributed by atoms with Crippen LogP contribution in [0.25, 0.3) is 0 Å². The maximum Gasteiger partial charge on any atom is 0.127 e. The molecule has 1 aliphatic carbocycles. The van der Waals surface area contributed by atoms with Crippen molar-refractivity contribution in [1.29, 1.82) is 5.26 Å². The van der Waals surface area contributed by atoms with Gasteiger partial charge in [0.25, 0.3) is 0 Å². The Balaban J connectivity index is 1.86. The van der Waals surface area contributed by atoms with Crippen LogP contribution >= 0.6 is 0 Å². The quantitative estimate of drug-likeness (QED) is 0.772. The molecular weight excluding hydrogens is 190 g/mol. The standard InChI is InChI=1S/C11H13N3O/c12-6-8-1-2-13-11(5-8)14-7-9-3-10(15)4-9/h1-2,5,9-10,15H,3-4,7H2,(H,13,14). The molecule has 1 aromatic rings. The summed E-state index contributed by atoms with van der Waals surface area (Å²) in [7, 11) is 0. The zero-order valence-electron chi connectivity index (χ0n) is 8.35. The summed E-state index contributed by atoms with van der Waals surface area (Å²) in [5.41, 5.74) is 0.612. The molecule has 2 rings (SSSR count). The lowest BCUT2D eigenvalue weighted by molar-refractivity contribution is 0.0486. The zero-order chi connectivity index (χ0) is 10.7. The van der Waals surface area contributed by atoms with Crippen molar-refractivity contribution >= 4 is 5.82 Å². The highest BCUT2D eigenvalue weighted by atomic mass is 16.3. The molecule has 1 aromatic heterocycles. The maximum atomic E-state index is 9.11. The Kier molecular flexibility index (Phi) is 2.84. The van der Waals surface area contributed by atoms with E-state index in [1.165, 1.54) is 0 Å². The van der Waals surface area contributed by atoms with Crippen molar-refractivity contribution < 1.29 is 5.11 Å². The van der Waals surface area contributed by atoms with Crippen molar-refractivity contribution in [1.82, 2.24) is 4.98 Å². The van der Waals surface area contributed by atoms with Gasteiger partial charge in [-0.25, -0.2) is 4.98 Å². The molecule has 0 spiro atoms. The molecular formula is C11H13N3O. The minimum Gasteiger partial charge on any atom is -0.393 e. The first-order chi connectivity index (χ1) is 7.28. The molecule has 0 aliphatic heterocycles. The first-order valence-corrected chi connectivity index (χ1v) is 5.06. The average Bonchev–Trinajstić information content (AvgIpc) is 2.23. The number of anilines is 1. The number of hydrogen-bond acceptors (Lipinski definition) is 4. The fourth-order valence-electron chi connectivity index (χ4n) is 1.71. The van der Waals surface area contributed by atoms with Gasteiger partial charge in [-0.05, 0) is 30.9 Å². The van der Waals surface area contributed by atoms with Crippen LogP contribution in [-0.4, -0.2) is 22.7 Å². The number of nitriles is 1. The Morgan fingerprint density at radius 1 is 1.60 bits per heavy atom. The van der Waals surface area contributed by atoms with Crippen molar-refractivity contribution in [3.63, 3.8) is 0 Å². The highest BCUT2D eigenvalue weighted by molar-refractivity contribution is 5.42. The molecule has 0 amide bonds. The van der Waals surface area contributed by atoms with E-state index in [2.05, 4.69) is 16.4 Å². The number of hydrogen-bond donors (Lipinski definition) is 2. The molecule has 2 N–H and O–H groups in total. The van der Waals surface area contributed by atoms with E-state index >= 15 is 0 Å². The van der Waals surface area contributed by atoms with Gasteiger partial charge < -0.3 is 10.4 Å². The van der Waals surface area contributed by atoms with E-state index in [9.17, 15) is 0 Å². The minimum absolute atomic E-state index is 0.116. The predicted molar refractivity (Wildman–Crippen MR) is 56.2 cm³/mol. The predicted octanol–water partition coefficient (Wildman–Crippen LogP) is 1.14. The van der Waals surface area contributed by atoms with Gasteiger partial charge in [0.1, 0.15) is 5.82 Å². The van der Waals surface area contributed by atoms with E-state index in [1.54, 1.807) is 18.3 Å². The molecule has 0 unspecified atom stereocenters. The summed E-state index contributed by atoms with van der Waals surface area (Å²) in [6.45, 7) is 0.818. The van der Waals surface area contributed by atoms with Gasteiger partial charge in [-0.15, -0.1) is 0 Å². The number of nitrogens with one attached hydrogen (secondary N) is 1. The molecule has 0 bridgehead atoms. The highest BCUT2D eigenvalue weighted by Gasteiger charge is 2.26. The number of aliphatic hydroxyl groups is 1. The molecule has 15 heavy (non-hydrogen) atoms. The van der Waals surface area contributed by atoms with Crippen LogP contribution in [0.1, 0.15) is 18.4 Å². The molecule has 4 nitrogen and oxygen atoms in total. The Bertz CT molecular complexity index is 380. The lowest BCUT2D eigenvalue weighted by atomic mass is 9.82. The summed E-state index contributed by atoms with van der Waals surface area (Å²) in [4.78, 5) is 4.11. The lowest BCUT2D eigenvalue weighted by Crippen LogP contribution is -2.33. The molecule has 4 heteroatoms. The molecule has 1 aliphatic rings. The summed E-state index contributed by atoms with van der Waals surface area (Å²) >= 11 is 0. The molecule has 1 fully saturated rings. The molecule has 1 heterocycles. The summed E-state index contributed by atoms with van der Waals surface area (Å²) in [6, 6.07) is 5.48. The van der Waals surface area contributed by atoms with Gasteiger partial charge in [0.05, 0.1) is 17.7 Å². The van der Waals surface area contributed by atoms with E-state index in [4.69, 9.17) is 10.4 Å². The highest BCUT2D eigenvalue weighted by Crippen LogP contribution is 2.27. The van der Waals surface area contributed by atoms with Crippen molar-refractivity contribution in [2.45, 2.75) is 18.9 Å². The first-order valence-electron chi connectivity index (χ1n) is 5.06. The zero-order valence-corrected chi connectivity index (χ0v) is 8.35. The van der Waals surface area contributed by atoms with E-state index < -0.39 is 0 Å². The number of rotatable bonds is 3. The van der Waals surface area contributed by atoms with E-state index in [0.717, 1.165) is 25.2 Å². The van der Waals surface area contributed by atoms with E-state index in [-0.39, 0.29) is 6.10 Å². The van der Waals surface area contributed by atoms with Gasteiger partial charge in [0, 0.05) is 12.7 Å². The first kappa shape index (κ1) is 9.94. The van der Waals surface area contributed by atoms with Crippen LogP contribution in [0, 0.1) is 17.2 Å². The fourth-order valence-corrected chi connectivity index (χ4v) is 1.71. The van der Waals surface area contributed by atoms with Crippen LogP contribution in [0.3, 0.4) is 0 Å². The third-order valence-electron chi connectivity index (χ3n) is 2.67. The van der Waals surface area contributed by atoms with Gasteiger partial charge in [0.2, 0.25) is 0 Å². The maximum absolute atomic E-state index is 9.11. The van der Waals surface area contributed by atoms with E-state index in [0.29, 0.717) is 11.5 Å². The minimum atomic E-state index is -0.116. The van der Waals surface area contributed by atoms with Crippen molar-refractivity contribution in [2.24, 2.45) is 5.92 Å². The van der Waals surface area contributed by atoms with Gasteiger partial charge in [0.15, 0.2) is 0 Å². The second-order valence-corrected chi connectivity index (χ2v) is 3.91. The van der Waals surface area contributed by atoms with Gasteiger partial charge in [-0.1, -0.05) is 0 Å². The molecule has 0 aromatic carbocycles. The Labute approximate surface area is 88.6 Å². The smallest absolute Gasteiger partial charge is 0.127 e. The van der Waals surface area contributed by atoms with Crippen molar-refractivity contribution in [3.05, 3.63) is 23.9 Å². The van der Waals surface area contributed by atoms with Gasteiger partial charge >= 0.3 is 0 Å². The Morgan fingerprint density at radius 2 is 2.40 bits per heavy atom. The SMILES string of the molecule is N#Cc1ccnc(NCC2CC(O)C2)c1. The summed E-state index contributed by atoms with van der Waals surface area (Å²) in [6.07, 6.45) is 3.24. The van der Waals surface area contributed by atoms with E-state index in [1.807, 2.05) is 0 Å². The topological polar surface area (TPSA) is 68.9 Å². The fraction of sp³-hybridized carbons (Fsp3) is 0.455. The largest absolute Gasteiger partial charge is 0.393 e. The summed E-state index contributed by atoms with van der Waals surface area (Å²) < 4.78 is 0. The molecule has 1 saturated carbocycles. The van der Waals surface area contributed by atoms with Crippen LogP contribution in [0.15, 0.2) is 18.3 Å². The number of aliphatic hydroxyl groups excluding tert-OH is 1.